The minimum atomic E-state index is -0.404. The Morgan fingerprint density at radius 1 is 1.25 bits per heavy atom. The quantitative estimate of drug-likeness (QED) is 0.790. The molecular formula is C15H13ClFN3. The number of para-hydroxylation sites is 2. The molecule has 0 aliphatic carbocycles. The number of aromatic nitrogens is 2. The Morgan fingerprint density at radius 2 is 2.05 bits per heavy atom. The van der Waals surface area contributed by atoms with Crippen molar-refractivity contribution in [1.29, 1.82) is 0 Å². The lowest BCUT2D eigenvalue weighted by Gasteiger charge is -2.07. The number of nitrogens with zero attached hydrogens (tertiary/aromatic N) is 2. The van der Waals surface area contributed by atoms with E-state index in [0.29, 0.717) is 6.54 Å². The van der Waals surface area contributed by atoms with Crippen molar-refractivity contribution in [2.45, 2.75) is 6.54 Å². The predicted molar refractivity (Wildman–Crippen MR) is 79.5 cm³/mol. The third-order valence-corrected chi connectivity index (χ3v) is 3.51. The third kappa shape index (κ3) is 2.34. The molecule has 1 heterocycles. The number of nitrogens with one attached hydrogen (secondary N) is 1. The Balaban J connectivity index is 1.83. The fraction of sp³-hybridized carbons (Fsp3) is 0.133. The molecule has 20 heavy (non-hydrogen) atoms. The van der Waals surface area contributed by atoms with Gasteiger partial charge in [-0.05, 0) is 29.8 Å². The van der Waals surface area contributed by atoms with Crippen LogP contribution in [0.4, 0.5) is 10.3 Å². The SMILES string of the molecule is Cn1c(NCc2ccc(F)c(Cl)c2)nc2ccccc21. The molecule has 3 rings (SSSR count). The molecule has 5 heteroatoms. The van der Waals surface area contributed by atoms with Crippen molar-refractivity contribution in [1.82, 2.24) is 9.55 Å². The molecule has 102 valence electrons. The van der Waals surface area contributed by atoms with Crippen molar-refractivity contribution in [3.63, 3.8) is 0 Å². The minimum Gasteiger partial charge on any atom is -0.352 e. The molecule has 1 N–H and O–H groups in total. The zero-order valence-electron chi connectivity index (χ0n) is 10.9. The highest BCUT2D eigenvalue weighted by Gasteiger charge is 2.07. The molecule has 0 amide bonds. The van der Waals surface area contributed by atoms with Gasteiger partial charge in [-0.2, -0.15) is 0 Å². The predicted octanol–water partition coefficient (Wildman–Crippen LogP) is 3.98. The monoisotopic (exact) mass is 289 g/mol. The van der Waals surface area contributed by atoms with E-state index in [1.165, 1.54) is 6.07 Å². The highest BCUT2D eigenvalue weighted by molar-refractivity contribution is 6.30. The molecule has 0 bridgehead atoms. The summed E-state index contributed by atoms with van der Waals surface area (Å²) < 4.78 is 15.1. The molecule has 0 aliphatic heterocycles. The van der Waals surface area contributed by atoms with Crippen LogP contribution in [0.5, 0.6) is 0 Å². The van der Waals surface area contributed by atoms with Crippen LogP contribution in [-0.2, 0) is 13.6 Å². The van der Waals surface area contributed by atoms with Crippen LogP contribution in [0.2, 0.25) is 5.02 Å². The van der Waals surface area contributed by atoms with E-state index in [-0.39, 0.29) is 5.02 Å². The van der Waals surface area contributed by atoms with E-state index in [1.807, 2.05) is 35.9 Å². The number of aryl methyl sites for hydroxylation is 1. The summed E-state index contributed by atoms with van der Waals surface area (Å²) in [4.78, 5) is 4.51. The Kier molecular flexibility index (Phi) is 3.32. The standard InChI is InChI=1S/C15H13ClFN3/c1-20-14-5-3-2-4-13(14)19-15(20)18-9-10-6-7-12(17)11(16)8-10/h2-8H,9H2,1H3,(H,18,19). The molecule has 0 fully saturated rings. The van der Waals surface area contributed by atoms with Gasteiger partial charge in [-0.3, -0.25) is 0 Å². The first kappa shape index (κ1) is 12.9. The molecule has 0 saturated carbocycles. The van der Waals surface area contributed by atoms with Crippen LogP contribution in [0.25, 0.3) is 11.0 Å². The minimum absolute atomic E-state index is 0.134. The van der Waals surface area contributed by atoms with Crippen molar-refractivity contribution in [2.24, 2.45) is 7.05 Å². The molecule has 0 saturated heterocycles. The summed E-state index contributed by atoms with van der Waals surface area (Å²) in [6.07, 6.45) is 0. The highest BCUT2D eigenvalue weighted by Crippen LogP contribution is 2.20. The van der Waals surface area contributed by atoms with Gasteiger partial charge in [0.25, 0.3) is 0 Å². The van der Waals surface area contributed by atoms with Gasteiger partial charge in [0.1, 0.15) is 5.82 Å². The van der Waals surface area contributed by atoms with Gasteiger partial charge in [0.05, 0.1) is 16.1 Å². The Bertz CT molecular complexity index is 767. The highest BCUT2D eigenvalue weighted by atomic mass is 35.5. The van der Waals surface area contributed by atoms with Crippen LogP contribution in [0.1, 0.15) is 5.56 Å². The van der Waals surface area contributed by atoms with Crippen LogP contribution < -0.4 is 5.32 Å². The smallest absolute Gasteiger partial charge is 0.203 e. The second-order valence-corrected chi connectivity index (χ2v) is 4.99. The number of rotatable bonds is 3. The van der Waals surface area contributed by atoms with Gasteiger partial charge in [-0.1, -0.05) is 29.8 Å². The number of hydrogen-bond donors (Lipinski definition) is 1. The molecular weight excluding hydrogens is 277 g/mol. The Hall–Kier alpha value is -2.07. The summed E-state index contributed by atoms with van der Waals surface area (Å²) in [5.41, 5.74) is 2.91. The van der Waals surface area contributed by atoms with Gasteiger partial charge >= 0.3 is 0 Å². The summed E-state index contributed by atoms with van der Waals surface area (Å²) in [7, 11) is 1.95. The number of imidazole rings is 1. The van der Waals surface area contributed by atoms with E-state index >= 15 is 0 Å². The third-order valence-electron chi connectivity index (χ3n) is 3.22. The van der Waals surface area contributed by atoms with E-state index in [1.54, 1.807) is 12.1 Å². The van der Waals surface area contributed by atoms with Gasteiger partial charge < -0.3 is 9.88 Å². The maximum Gasteiger partial charge on any atom is 0.203 e. The summed E-state index contributed by atoms with van der Waals surface area (Å²) >= 11 is 5.77. The molecule has 0 unspecified atom stereocenters. The second kappa shape index (κ2) is 5.13. The van der Waals surface area contributed by atoms with Gasteiger partial charge in [-0.25, -0.2) is 9.37 Å². The fourth-order valence-electron chi connectivity index (χ4n) is 2.13. The lowest BCUT2D eigenvalue weighted by Crippen LogP contribution is -2.05. The van der Waals surface area contributed by atoms with Crippen LogP contribution in [0, 0.1) is 5.82 Å². The number of benzene rings is 2. The maximum absolute atomic E-state index is 13.1. The molecule has 3 nitrogen and oxygen atoms in total. The number of anilines is 1. The molecule has 3 aromatic rings. The van der Waals surface area contributed by atoms with E-state index in [4.69, 9.17) is 11.6 Å². The average molecular weight is 290 g/mol. The summed E-state index contributed by atoms with van der Waals surface area (Å²) in [6, 6.07) is 12.6. The van der Waals surface area contributed by atoms with E-state index in [2.05, 4.69) is 10.3 Å². The fourth-order valence-corrected chi connectivity index (χ4v) is 2.34. The van der Waals surface area contributed by atoms with Crippen LogP contribution in [0.3, 0.4) is 0 Å². The van der Waals surface area contributed by atoms with Gasteiger partial charge in [0.2, 0.25) is 5.95 Å². The summed E-state index contributed by atoms with van der Waals surface area (Å²) in [6.45, 7) is 0.539. The molecule has 0 radical (unpaired) electrons. The Morgan fingerprint density at radius 3 is 2.80 bits per heavy atom. The number of fused-ring (bicyclic) bond motifs is 1. The van der Waals surface area contributed by atoms with Crippen molar-refractivity contribution < 1.29 is 4.39 Å². The second-order valence-electron chi connectivity index (χ2n) is 4.59. The first-order valence-electron chi connectivity index (χ1n) is 6.24. The van der Waals surface area contributed by atoms with Crippen molar-refractivity contribution >= 4 is 28.6 Å². The number of hydrogen-bond acceptors (Lipinski definition) is 2. The van der Waals surface area contributed by atoms with E-state index in [9.17, 15) is 4.39 Å². The maximum atomic E-state index is 13.1. The molecule has 0 spiro atoms. The lowest BCUT2D eigenvalue weighted by atomic mass is 10.2. The molecule has 1 aromatic heterocycles. The zero-order valence-corrected chi connectivity index (χ0v) is 11.7. The van der Waals surface area contributed by atoms with E-state index < -0.39 is 5.82 Å². The number of halogens is 2. The normalized spacial score (nSPS) is 10.9. The van der Waals surface area contributed by atoms with Crippen LogP contribution >= 0.6 is 11.6 Å². The molecule has 0 aliphatic rings. The van der Waals surface area contributed by atoms with Gasteiger partial charge in [-0.15, -0.1) is 0 Å². The first-order valence-corrected chi connectivity index (χ1v) is 6.62. The van der Waals surface area contributed by atoms with Gasteiger partial charge in [0.15, 0.2) is 0 Å². The lowest BCUT2D eigenvalue weighted by molar-refractivity contribution is 0.627. The topological polar surface area (TPSA) is 29.9 Å². The van der Waals surface area contributed by atoms with Gasteiger partial charge in [0, 0.05) is 13.6 Å². The molecule has 0 atom stereocenters. The summed E-state index contributed by atoms with van der Waals surface area (Å²) in [5, 5.41) is 3.37. The summed E-state index contributed by atoms with van der Waals surface area (Å²) in [5.74, 6) is 0.366. The largest absolute Gasteiger partial charge is 0.352 e. The first-order chi connectivity index (χ1) is 9.65. The van der Waals surface area contributed by atoms with Crippen LogP contribution in [0.15, 0.2) is 42.5 Å². The van der Waals surface area contributed by atoms with E-state index in [0.717, 1.165) is 22.5 Å². The average Bonchev–Trinajstić information content (AvgIpc) is 2.77. The van der Waals surface area contributed by atoms with Crippen LogP contribution in [-0.4, -0.2) is 9.55 Å². The molecule has 2 aromatic carbocycles. The zero-order chi connectivity index (χ0) is 14.1. The van der Waals surface area contributed by atoms with Crippen molar-refractivity contribution in [3.8, 4) is 0 Å². The Labute approximate surface area is 121 Å². The van der Waals surface area contributed by atoms with Crippen molar-refractivity contribution in [2.75, 3.05) is 5.32 Å². The van der Waals surface area contributed by atoms with Crippen molar-refractivity contribution in [3.05, 3.63) is 58.9 Å².